The molecule has 3 aromatic rings. The Kier molecular flexibility index (Phi) is 11.9. The first-order chi connectivity index (χ1) is 18.4. The van der Waals surface area contributed by atoms with Gasteiger partial charge in [-0.25, -0.2) is 0 Å². The van der Waals surface area contributed by atoms with Gasteiger partial charge in [0.25, 0.3) is 5.91 Å². The molecule has 1 fully saturated rings. The molecule has 0 radical (unpaired) electrons. The zero-order chi connectivity index (χ0) is 27.1. The summed E-state index contributed by atoms with van der Waals surface area (Å²) in [6.07, 6.45) is 3.00. The van der Waals surface area contributed by atoms with E-state index in [1.165, 1.54) is 0 Å². The Morgan fingerprint density at radius 1 is 1.00 bits per heavy atom. The highest BCUT2D eigenvalue weighted by atomic mass is 35.5. The number of rotatable bonds is 11. The number of carbonyl (C=O) groups excluding carboxylic acids is 1. The van der Waals surface area contributed by atoms with Gasteiger partial charge in [-0.2, -0.15) is 0 Å². The van der Waals surface area contributed by atoms with Gasteiger partial charge in [0.05, 0.1) is 28.4 Å². The monoisotopic (exact) mass is 592 g/mol. The van der Waals surface area contributed by atoms with E-state index in [0.29, 0.717) is 16.6 Å². The number of nitrogens with zero attached hydrogens (tertiary/aromatic N) is 3. The largest absolute Gasteiger partial charge is 0.497 e. The Balaban J connectivity index is 0.00000420. The Labute approximate surface area is 248 Å². The minimum Gasteiger partial charge on any atom is -0.497 e. The predicted molar refractivity (Wildman–Crippen MR) is 165 cm³/mol. The molecule has 0 bridgehead atoms. The van der Waals surface area contributed by atoms with Gasteiger partial charge in [0, 0.05) is 50.7 Å². The first-order valence-electron chi connectivity index (χ1n) is 13.5. The van der Waals surface area contributed by atoms with Crippen LogP contribution < -0.4 is 15.0 Å². The number of nitrogens with one attached hydrogen (secondary N) is 1. The molecule has 0 aliphatic carbocycles. The zero-order valence-electron chi connectivity index (χ0n) is 23.0. The molecule has 212 valence electrons. The van der Waals surface area contributed by atoms with Crippen LogP contribution in [-0.4, -0.2) is 61.8 Å². The molecule has 2 heterocycles. The van der Waals surface area contributed by atoms with Crippen molar-refractivity contribution in [1.82, 2.24) is 14.8 Å². The maximum atomic E-state index is 13.1. The lowest BCUT2D eigenvalue weighted by Crippen LogP contribution is -2.46. The molecule has 2 aromatic carbocycles. The van der Waals surface area contributed by atoms with Crippen molar-refractivity contribution < 1.29 is 9.53 Å². The van der Waals surface area contributed by atoms with Gasteiger partial charge in [-0.1, -0.05) is 36.2 Å². The van der Waals surface area contributed by atoms with Crippen molar-refractivity contribution in [2.45, 2.75) is 39.7 Å². The third kappa shape index (κ3) is 7.63. The summed E-state index contributed by atoms with van der Waals surface area (Å²) in [4.78, 5) is 17.9. The maximum absolute atomic E-state index is 13.1. The molecule has 1 aromatic heterocycles. The Morgan fingerprint density at radius 2 is 1.72 bits per heavy atom. The molecule has 1 aliphatic heterocycles. The van der Waals surface area contributed by atoms with Crippen LogP contribution in [0, 0.1) is 6.92 Å². The van der Waals surface area contributed by atoms with Gasteiger partial charge < -0.3 is 19.5 Å². The molecular formula is C30H39Cl3N4O2. The highest BCUT2D eigenvalue weighted by Crippen LogP contribution is 2.33. The lowest BCUT2D eigenvalue weighted by atomic mass is 10.1. The average molecular weight is 594 g/mol. The Hall–Kier alpha value is -2.38. The van der Waals surface area contributed by atoms with Gasteiger partial charge in [0.15, 0.2) is 0 Å². The lowest BCUT2D eigenvalue weighted by Gasteiger charge is -2.36. The molecule has 0 spiro atoms. The van der Waals surface area contributed by atoms with E-state index in [1.807, 2.05) is 55.5 Å². The summed E-state index contributed by atoms with van der Waals surface area (Å²) in [5.74, 6) is 0.823. The van der Waals surface area contributed by atoms with Gasteiger partial charge in [0.1, 0.15) is 5.75 Å². The van der Waals surface area contributed by atoms with Crippen LogP contribution in [0.25, 0.3) is 11.3 Å². The van der Waals surface area contributed by atoms with Crippen LogP contribution in [0.3, 0.4) is 0 Å². The summed E-state index contributed by atoms with van der Waals surface area (Å²) in [7, 11) is 1.67. The van der Waals surface area contributed by atoms with E-state index in [0.717, 1.165) is 92.5 Å². The number of hydrogen-bond donors (Lipinski definition) is 1. The number of piperazine rings is 1. The number of benzene rings is 2. The summed E-state index contributed by atoms with van der Waals surface area (Å²) in [6, 6.07) is 15.8. The molecule has 9 heteroatoms. The van der Waals surface area contributed by atoms with Gasteiger partial charge in [-0.05, 0) is 80.8 Å². The van der Waals surface area contributed by atoms with Crippen molar-refractivity contribution in [1.29, 1.82) is 0 Å². The number of unbranched alkanes of at least 4 members (excludes halogenated alkanes) is 1. The Bertz CT molecular complexity index is 1220. The fourth-order valence-electron chi connectivity index (χ4n) is 5.09. The van der Waals surface area contributed by atoms with Crippen molar-refractivity contribution in [3.8, 4) is 17.0 Å². The topological polar surface area (TPSA) is 49.7 Å². The van der Waals surface area contributed by atoms with E-state index < -0.39 is 0 Å². The van der Waals surface area contributed by atoms with E-state index in [9.17, 15) is 4.79 Å². The maximum Gasteiger partial charge on any atom is 0.253 e. The normalized spacial score (nSPS) is 13.7. The molecule has 6 nitrogen and oxygen atoms in total. The summed E-state index contributed by atoms with van der Waals surface area (Å²) < 4.78 is 7.54. The predicted octanol–water partition coefficient (Wildman–Crippen LogP) is 6.94. The summed E-state index contributed by atoms with van der Waals surface area (Å²) >= 11 is 12.6. The molecule has 1 amide bonds. The molecule has 0 saturated carbocycles. The lowest BCUT2D eigenvalue weighted by molar-refractivity contribution is 0.0951. The minimum absolute atomic E-state index is 0. The zero-order valence-corrected chi connectivity index (χ0v) is 25.3. The third-order valence-corrected chi connectivity index (χ3v) is 8.08. The molecule has 0 unspecified atom stereocenters. The van der Waals surface area contributed by atoms with Crippen molar-refractivity contribution in [2.24, 2.45) is 0 Å². The molecular weight excluding hydrogens is 555 g/mol. The van der Waals surface area contributed by atoms with Crippen LogP contribution in [0.15, 0.2) is 48.5 Å². The van der Waals surface area contributed by atoms with Crippen LogP contribution >= 0.6 is 35.6 Å². The van der Waals surface area contributed by atoms with Crippen LogP contribution in [0.4, 0.5) is 5.69 Å². The first-order valence-corrected chi connectivity index (χ1v) is 14.2. The summed E-state index contributed by atoms with van der Waals surface area (Å²) in [5, 5.41) is 4.38. The van der Waals surface area contributed by atoms with E-state index >= 15 is 0 Å². The fourth-order valence-corrected chi connectivity index (χ4v) is 5.51. The summed E-state index contributed by atoms with van der Waals surface area (Å²) in [6.45, 7) is 10.6. The molecule has 1 saturated heterocycles. The van der Waals surface area contributed by atoms with Crippen LogP contribution in [-0.2, 0) is 6.54 Å². The average Bonchev–Trinajstić information content (AvgIpc) is 3.26. The van der Waals surface area contributed by atoms with E-state index in [4.69, 9.17) is 27.9 Å². The van der Waals surface area contributed by atoms with Crippen molar-refractivity contribution >= 4 is 47.2 Å². The van der Waals surface area contributed by atoms with E-state index in [-0.39, 0.29) is 18.3 Å². The van der Waals surface area contributed by atoms with Crippen molar-refractivity contribution in [3.63, 3.8) is 0 Å². The molecule has 39 heavy (non-hydrogen) atoms. The fraction of sp³-hybridized carbons (Fsp3) is 0.433. The molecule has 1 aliphatic rings. The van der Waals surface area contributed by atoms with Crippen LogP contribution in [0.1, 0.15) is 42.2 Å². The van der Waals surface area contributed by atoms with Crippen LogP contribution in [0.2, 0.25) is 10.0 Å². The molecule has 1 N–H and O–H groups in total. The summed E-state index contributed by atoms with van der Waals surface area (Å²) in [5.41, 5.74) is 4.92. The van der Waals surface area contributed by atoms with Gasteiger partial charge in [-0.15, -0.1) is 12.4 Å². The van der Waals surface area contributed by atoms with Gasteiger partial charge in [0.2, 0.25) is 0 Å². The van der Waals surface area contributed by atoms with E-state index in [2.05, 4.69) is 26.6 Å². The number of amides is 1. The van der Waals surface area contributed by atoms with Crippen molar-refractivity contribution in [3.05, 3.63) is 69.8 Å². The van der Waals surface area contributed by atoms with Crippen LogP contribution in [0.5, 0.6) is 5.75 Å². The smallest absolute Gasteiger partial charge is 0.253 e. The number of halogens is 3. The number of anilines is 1. The second kappa shape index (κ2) is 14.8. The second-order valence-corrected chi connectivity index (χ2v) is 10.6. The van der Waals surface area contributed by atoms with E-state index in [1.54, 1.807) is 7.11 Å². The second-order valence-electron chi connectivity index (χ2n) is 9.77. The number of ether oxygens (including phenoxy) is 1. The van der Waals surface area contributed by atoms with Crippen molar-refractivity contribution in [2.75, 3.05) is 51.3 Å². The first kappa shape index (κ1) is 31.2. The quantitative estimate of drug-likeness (QED) is 0.245. The number of aromatic nitrogens is 1. The van der Waals surface area contributed by atoms with Gasteiger partial charge in [-0.3, -0.25) is 9.69 Å². The number of hydrogen-bond acceptors (Lipinski definition) is 4. The molecule has 4 rings (SSSR count). The SMILES string of the molecule is CCCn1c(-c2ccc(OC)cc2)cc(C(=O)NCCCCN2CCN(c3cccc(Cl)c3Cl)CC2)c1C.Cl. The molecule has 0 atom stereocenters. The Morgan fingerprint density at radius 3 is 2.38 bits per heavy atom. The highest BCUT2D eigenvalue weighted by molar-refractivity contribution is 6.43. The van der Waals surface area contributed by atoms with Gasteiger partial charge >= 0.3 is 0 Å². The third-order valence-electron chi connectivity index (χ3n) is 7.28. The minimum atomic E-state index is -0.000806. The standard InChI is InChI=1S/C30H38Cl2N4O2.ClH/c1-4-15-36-22(2)25(21-28(36)23-10-12-24(38-3)13-11-23)30(37)33-14-5-6-16-34-17-19-35(20-18-34)27-9-7-8-26(31)29(27)32;/h7-13,21H,4-6,14-20H2,1-3H3,(H,33,37);1H. The number of carbonyl (C=O) groups is 1. The highest BCUT2D eigenvalue weighted by Gasteiger charge is 2.20. The number of methoxy groups -OCH3 is 1.